The van der Waals surface area contributed by atoms with Gasteiger partial charge in [0, 0.05) is 6.07 Å². The summed E-state index contributed by atoms with van der Waals surface area (Å²) >= 11 is 0. The lowest BCUT2D eigenvalue weighted by molar-refractivity contribution is -0.147. The molecule has 5 nitrogen and oxygen atoms in total. The van der Waals surface area contributed by atoms with Gasteiger partial charge in [-0.05, 0) is 19.3 Å². The first-order valence-corrected chi connectivity index (χ1v) is 6.71. The van der Waals surface area contributed by atoms with E-state index < -0.39 is 11.4 Å². The predicted octanol–water partition coefficient (Wildman–Crippen LogP) is 3.38. The monoisotopic (exact) mass is 276 g/mol. The lowest BCUT2D eigenvalue weighted by Crippen LogP contribution is -2.36. The van der Waals surface area contributed by atoms with Gasteiger partial charge in [0.25, 0.3) is 0 Å². The molecule has 0 saturated heterocycles. The molecule has 0 radical (unpaired) electrons. The van der Waals surface area contributed by atoms with Gasteiger partial charge in [0.2, 0.25) is 11.5 Å². The van der Waals surface area contributed by atoms with Crippen LogP contribution in [-0.2, 0) is 4.79 Å². The number of fused-ring (bicyclic) bond motifs is 1. The van der Waals surface area contributed by atoms with Crippen LogP contribution in [0.15, 0.2) is 10.5 Å². The molecule has 2 aromatic rings. The van der Waals surface area contributed by atoms with Crippen molar-refractivity contribution in [3.8, 4) is 11.5 Å². The molecule has 20 heavy (non-hydrogen) atoms. The Hall–Kier alpha value is -2.04. The van der Waals surface area contributed by atoms with Gasteiger partial charge in [-0.15, -0.1) is 0 Å². The van der Waals surface area contributed by atoms with Crippen molar-refractivity contribution in [2.45, 2.75) is 34.1 Å². The van der Waals surface area contributed by atoms with Gasteiger partial charge in [0.1, 0.15) is 5.56 Å². The first-order chi connectivity index (χ1) is 9.38. The van der Waals surface area contributed by atoms with E-state index in [4.69, 9.17) is 13.9 Å². The number of hydrogen-bond acceptors (Lipinski definition) is 5. The Morgan fingerprint density at radius 1 is 1.45 bits per heavy atom. The summed E-state index contributed by atoms with van der Waals surface area (Å²) in [5.41, 5.74) is 0.564. The molecule has 0 spiro atoms. The molecular formula is C15H16O5. The lowest BCUT2D eigenvalue weighted by atomic mass is 9.77. The first-order valence-electron chi connectivity index (χ1n) is 6.71. The molecule has 0 amide bonds. The second kappa shape index (κ2) is 3.98. The average Bonchev–Trinajstić information content (AvgIpc) is 3.01. The maximum absolute atomic E-state index is 12.4. The van der Waals surface area contributed by atoms with Gasteiger partial charge < -0.3 is 13.9 Å². The normalized spacial score (nSPS) is 16.8. The fraction of sp³-hybridized carbons (Fsp3) is 0.467. The predicted molar refractivity (Wildman–Crippen MR) is 71.2 cm³/mol. The fourth-order valence-electron chi connectivity index (χ4n) is 2.37. The zero-order valence-electron chi connectivity index (χ0n) is 11.9. The number of ether oxygens (including phenoxy) is 2. The van der Waals surface area contributed by atoms with Crippen LogP contribution in [0.2, 0.25) is 0 Å². The molecule has 1 atom stereocenters. The second-order valence-electron chi connectivity index (χ2n) is 5.72. The topological polar surface area (TPSA) is 65.7 Å². The van der Waals surface area contributed by atoms with Crippen LogP contribution in [0.3, 0.4) is 0 Å². The summed E-state index contributed by atoms with van der Waals surface area (Å²) < 4.78 is 15.9. The number of hydrogen-bond donors (Lipinski definition) is 0. The Kier molecular flexibility index (Phi) is 2.58. The second-order valence-corrected chi connectivity index (χ2v) is 5.72. The van der Waals surface area contributed by atoms with Crippen LogP contribution in [0, 0.1) is 11.3 Å². The molecule has 106 valence electrons. The minimum absolute atomic E-state index is 0.139. The van der Waals surface area contributed by atoms with Gasteiger partial charge in [-0.25, -0.2) is 4.79 Å². The number of furan rings is 2. The molecule has 3 rings (SSSR count). The lowest BCUT2D eigenvalue weighted by Gasteiger charge is -2.29. The van der Waals surface area contributed by atoms with E-state index in [-0.39, 0.29) is 23.4 Å². The summed E-state index contributed by atoms with van der Waals surface area (Å²) in [6.07, 6.45) is 0.666. The molecule has 0 N–H and O–H groups in total. The van der Waals surface area contributed by atoms with Crippen molar-refractivity contribution in [3.63, 3.8) is 0 Å². The number of rotatable bonds is 4. The van der Waals surface area contributed by atoms with Gasteiger partial charge in [0.15, 0.2) is 11.2 Å². The molecule has 2 bridgehead atoms. The molecule has 1 aliphatic rings. The van der Waals surface area contributed by atoms with Crippen LogP contribution in [0.1, 0.15) is 44.5 Å². The van der Waals surface area contributed by atoms with Crippen LogP contribution < -0.4 is 9.47 Å². The third-order valence-electron chi connectivity index (χ3n) is 4.45. The van der Waals surface area contributed by atoms with Gasteiger partial charge >= 0.3 is 11.9 Å². The van der Waals surface area contributed by atoms with E-state index >= 15 is 0 Å². The molecule has 0 aromatic carbocycles. The van der Waals surface area contributed by atoms with Gasteiger partial charge in [-0.1, -0.05) is 20.8 Å². The number of esters is 2. The molecule has 3 heterocycles. The first kappa shape index (κ1) is 13.0. The van der Waals surface area contributed by atoms with Crippen molar-refractivity contribution in [3.05, 3.63) is 11.6 Å². The Bertz CT molecular complexity index is 696. The Morgan fingerprint density at radius 2 is 2.15 bits per heavy atom. The molecule has 1 unspecified atom stereocenters. The highest BCUT2D eigenvalue weighted by molar-refractivity contribution is 6.10. The Morgan fingerprint density at radius 3 is 2.75 bits per heavy atom. The maximum atomic E-state index is 12.4. The third kappa shape index (κ3) is 1.49. The van der Waals surface area contributed by atoms with E-state index in [0.717, 1.165) is 0 Å². The minimum Gasteiger partial charge on any atom is -0.448 e. The average molecular weight is 276 g/mol. The Balaban J connectivity index is 1.93. The van der Waals surface area contributed by atoms with Gasteiger partial charge in [0.05, 0.1) is 5.41 Å². The van der Waals surface area contributed by atoms with Crippen LogP contribution in [0.25, 0.3) is 11.2 Å². The van der Waals surface area contributed by atoms with Crippen molar-refractivity contribution in [1.29, 1.82) is 0 Å². The fourth-order valence-corrected chi connectivity index (χ4v) is 2.37. The summed E-state index contributed by atoms with van der Waals surface area (Å²) in [5, 5.41) is 0. The van der Waals surface area contributed by atoms with Crippen LogP contribution in [0.5, 0.6) is 11.5 Å². The number of carbonyl (C=O) groups excluding carboxylic acids is 2. The summed E-state index contributed by atoms with van der Waals surface area (Å²) in [6, 6.07) is 1.55. The van der Waals surface area contributed by atoms with E-state index in [1.54, 1.807) is 6.07 Å². The van der Waals surface area contributed by atoms with E-state index in [2.05, 4.69) is 0 Å². The largest absolute Gasteiger partial charge is 0.448 e. The van der Waals surface area contributed by atoms with E-state index in [0.29, 0.717) is 23.2 Å². The maximum Gasteiger partial charge on any atom is 0.347 e. The molecule has 0 saturated carbocycles. The van der Waals surface area contributed by atoms with Crippen LogP contribution in [-0.4, -0.2) is 11.9 Å². The molecule has 0 aliphatic carbocycles. The van der Waals surface area contributed by atoms with Crippen molar-refractivity contribution in [2.24, 2.45) is 11.3 Å². The summed E-state index contributed by atoms with van der Waals surface area (Å²) in [7, 11) is 0. The zero-order valence-corrected chi connectivity index (χ0v) is 11.9. The highest BCUT2D eigenvalue weighted by atomic mass is 16.6. The summed E-state index contributed by atoms with van der Waals surface area (Å²) in [6.45, 7) is 7.79. The Labute approximate surface area is 116 Å². The van der Waals surface area contributed by atoms with E-state index in [1.807, 2.05) is 27.7 Å². The zero-order chi connectivity index (χ0) is 14.7. The minimum atomic E-state index is -0.588. The number of benzene rings is 1. The van der Waals surface area contributed by atoms with Crippen molar-refractivity contribution in [1.82, 2.24) is 0 Å². The van der Waals surface area contributed by atoms with Gasteiger partial charge in [-0.3, -0.25) is 4.79 Å². The molecule has 1 aliphatic heterocycles. The molecule has 5 heteroatoms. The quantitative estimate of drug-likeness (QED) is 0.632. The standard InChI is InChI=1S/C15H16O5/c1-5-15(4,7(2)3)14(17)20-11-9-6-8-10(18-9)12(11)19-13(8)16/h6-7H,5H2,1-4H3. The van der Waals surface area contributed by atoms with Gasteiger partial charge in [-0.2, -0.15) is 0 Å². The highest BCUT2D eigenvalue weighted by Crippen LogP contribution is 2.49. The highest BCUT2D eigenvalue weighted by Gasteiger charge is 2.41. The third-order valence-corrected chi connectivity index (χ3v) is 4.45. The van der Waals surface area contributed by atoms with E-state index in [1.165, 1.54) is 0 Å². The summed E-state index contributed by atoms with van der Waals surface area (Å²) in [5.74, 6) is -0.198. The molecular weight excluding hydrogens is 260 g/mol. The number of carbonyl (C=O) groups is 2. The van der Waals surface area contributed by atoms with Crippen molar-refractivity contribution in [2.75, 3.05) is 0 Å². The molecule has 2 aromatic heterocycles. The smallest absolute Gasteiger partial charge is 0.347 e. The van der Waals surface area contributed by atoms with Crippen LogP contribution in [0.4, 0.5) is 0 Å². The van der Waals surface area contributed by atoms with Crippen LogP contribution >= 0.6 is 0 Å². The molecule has 0 fully saturated rings. The van der Waals surface area contributed by atoms with E-state index in [9.17, 15) is 9.59 Å². The van der Waals surface area contributed by atoms with Crippen molar-refractivity contribution < 1.29 is 23.5 Å². The SMILES string of the molecule is CCC(C)(C(=O)Oc1c2c3oc1cc3C(=O)O2)C(C)C. The van der Waals surface area contributed by atoms with Crippen molar-refractivity contribution >= 4 is 23.1 Å². The summed E-state index contributed by atoms with van der Waals surface area (Å²) in [4.78, 5) is 23.9.